The second-order valence-electron chi connectivity index (χ2n) is 5.62. The Kier molecular flexibility index (Phi) is 4.87. The summed E-state index contributed by atoms with van der Waals surface area (Å²) in [7, 11) is 1.87. The number of para-hydroxylation sites is 1. The third-order valence-corrected chi connectivity index (χ3v) is 5.13. The lowest BCUT2D eigenvalue weighted by atomic mass is 10.0. The van der Waals surface area contributed by atoms with Crippen molar-refractivity contribution in [3.8, 4) is 5.75 Å². The Balaban J connectivity index is 1.63. The average molecular weight is 342 g/mol. The minimum atomic E-state index is -0.331. The molecule has 0 spiro atoms. The summed E-state index contributed by atoms with van der Waals surface area (Å²) < 4.78 is 1.90. The summed E-state index contributed by atoms with van der Waals surface area (Å²) in [5.41, 5.74) is 1.35. The minimum Gasteiger partial charge on any atom is -0.507 e. The predicted octanol–water partition coefficient (Wildman–Crippen LogP) is 2.25. The van der Waals surface area contributed by atoms with Gasteiger partial charge in [0, 0.05) is 4.90 Å². The zero-order valence-electron chi connectivity index (χ0n) is 13.2. The van der Waals surface area contributed by atoms with Gasteiger partial charge < -0.3 is 10.4 Å². The molecule has 0 radical (unpaired) electrons. The Bertz CT molecular complexity index is 778. The molecule has 2 aromatic carbocycles. The third kappa shape index (κ3) is 3.44. The summed E-state index contributed by atoms with van der Waals surface area (Å²) in [6.45, 7) is -0.132. The quantitative estimate of drug-likeness (QED) is 0.659. The molecule has 1 unspecified atom stereocenters. The van der Waals surface area contributed by atoms with E-state index in [1.807, 2.05) is 35.6 Å². The number of phenolic OH excluding ortho intramolecular Hbond substituents is 1. The first-order valence-corrected chi connectivity index (χ1v) is 8.41. The maximum Gasteiger partial charge on any atom is 0.238 e. The van der Waals surface area contributed by atoms with Crippen molar-refractivity contribution in [2.45, 2.75) is 17.4 Å². The lowest BCUT2D eigenvalue weighted by molar-refractivity contribution is -0.124. The SMILES string of the molecule is CN1Sc2ccccc2CC1C(=O)NCC(=O)c1ccccc1O. The van der Waals surface area contributed by atoms with Crippen molar-refractivity contribution in [2.24, 2.45) is 0 Å². The zero-order valence-corrected chi connectivity index (χ0v) is 14.0. The van der Waals surface area contributed by atoms with Crippen LogP contribution in [0.4, 0.5) is 0 Å². The largest absolute Gasteiger partial charge is 0.507 e. The van der Waals surface area contributed by atoms with Crippen LogP contribution in [0.1, 0.15) is 15.9 Å². The van der Waals surface area contributed by atoms with E-state index in [-0.39, 0.29) is 35.6 Å². The van der Waals surface area contributed by atoms with Gasteiger partial charge in [0.15, 0.2) is 5.78 Å². The van der Waals surface area contributed by atoms with Crippen molar-refractivity contribution in [3.05, 3.63) is 59.7 Å². The predicted molar refractivity (Wildman–Crippen MR) is 93.0 cm³/mol. The molecular weight excluding hydrogens is 324 g/mol. The molecule has 1 heterocycles. The van der Waals surface area contributed by atoms with Gasteiger partial charge in [-0.25, -0.2) is 4.31 Å². The standard InChI is InChI=1S/C18H18N2O3S/c1-20-14(10-12-6-2-5-9-17(12)24-20)18(23)19-11-16(22)13-7-3-4-8-15(13)21/h2-9,14,21H,10-11H2,1H3,(H,19,23). The summed E-state index contributed by atoms with van der Waals surface area (Å²) >= 11 is 1.53. The number of amides is 1. The van der Waals surface area contributed by atoms with Crippen LogP contribution in [0, 0.1) is 0 Å². The normalized spacial score (nSPS) is 17.1. The van der Waals surface area contributed by atoms with Crippen LogP contribution in [0.5, 0.6) is 5.75 Å². The average Bonchev–Trinajstić information content (AvgIpc) is 2.59. The first-order chi connectivity index (χ1) is 11.6. The molecule has 2 N–H and O–H groups in total. The summed E-state index contributed by atoms with van der Waals surface area (Å²) in [5, 5.41) is 12.4. The Morgan fingerprint density at radius 2 is 1.92 bits per heavy atom. The van der Waals surface area contributed by atoms with E-state index in [1.54, 1.807) is 18.2 Å². The van der Waals surface area contributed by atoms with Crippen LogP contribution in [0.2, 0.25) is 0 Å². The minimum absolute atomic E-state index is 0.0731. The number of benzene rings is 2. The highest BCUT2D eigenvalue weighted by Crippen LogP contribution is 2.33. The maximum absolute atomic E-state index is 12.5. The zero-order chi connectivity index (χ0) is 17.1. The Labute approximate surface area is 144 Å². The first kappa shape index (κ1) is 16.5. The van der Waals surface area contributed by atoms with Crippen LogP contribution < -0.4 is 5.32 Å². The highest BCUT2D eigenvalue weighted by molar-refractivity contribution is 7.97. The van der Waals surface area contributed by atoms with Gasteiger partial charge in [0.25, 0.3) is 0 Å². The first-order valence-electron chi connectivity index (χ1n) is 7.64. The molecule has 1 aliphatic rings. The number of ketones is 1. The van der Waals surface area contributed by atoms with E-state index in [1.165, 1.54) is 18.0 Å². The molecule has 0 fully saturated rings. The molecule has 5 nitrogen and oxygen atoms in total. The van der Waals surface area contributed by atoms with Crippen LogP contribution in [-0.2, 0) is 11.2 Å². The van der Waals surface area contributed by atoms with Crippen molar-refractivity contribution in [3.63, 3.8) is 0 Å². The van der Waals surface area contributed by atoms with E-state index in [0.29, 0.717) is 6.42 Å². The van der Waals surface area contributed by atoms with Crippen molar-refractivity contribution in [1.82, 2.24) is 9.62 Å². The van der Waals surface area contributed by atoms with Gasteiger partial charge in [0.2, 0.25) is 5.91 Å². The van der Waals surface area contributed by atoms with Crippen molar-refractivity contribution in [1.29, 1.82) is 0 Å². The Hall–Kier alpha value is -2.31. The molecule has 124 valence electrons. The number of nitrogens with zero attached hydrogens (tertiary/aromatic N) is 1. The van der Waals surface area contributed by atoms with Crippen molar-refractivity contribution >= 4 is 23.6 Å². The van der Waals surface area contributed by atoms with E-state index in [0.717, 1.165) is 10.5 Å². The van der Waals surface area contributed by atoms with Crippen molar-refractivity contribution < 1.29 is 14.7 Å². The molecule has 1 atom stereocenters. The van der Waals surface area contributed by atoms with E-state index in [2.05, 4.69) is 5.32 Å². The molecule has 2 aromatic rings. The van der Waals surface area contributed by atoms with Crippen LogP contribution in [0.25, 0.3) is 0 Å². The number of fused-ring (bicyclic) bond motifs is 1. The van der Waals surface area contributed by atoms with Crippen LogP contribution in [-0.4, -0.2) is 40.7 Å². The lowest BCUT2D eigenvalue weighted by Crippen LogP contribution is -2.46. The smallest absolute Gasteiger partial charge is 0.238 e. The summed E-state index contributed by atoms with van der Waals surface area (Å²) in [6.07, 6.45) is 0.607. The van der Waals surface area contributed by atoms with Crippen LogP contribution >= 0.6 is 11.9 Å². The van der Waals surface area contributed by atoms with Crippen LogP contribution in [0.15, 0.2) is 53.4 Å². The topological polar surface area (TPSA) is 69.6 Å². The van der Waals surface area contributed by atoms with Gasteiger partial charge in [-0.2, -0.15) is 0 Å². The second-order valence-corrected chi connectivity index (χ2v) is 6.82. The number of phenols is 1. The van der Waals surface area contributed by atoms with Gasteiger partial charge in [-0.1, -0.05) is 30.3 Å². The van der Waals surface area contributed by atoms with E-state index in [4.69, 9.17) is 0 Å². The summed E-state index contributed by atoms with van der Waals surface area (Å²) in [4.78, 5) is 25.7. The maximum atomic E-state index is 12.5. The van der Waals surface area contributed by atoms with E-state index in [9.17, 15) is 14.7 Å². The molecule has 0 saturated carbocycles. The highest BCUT2D eigenvalue weighted by Gasteiger charge is 2.30. The molecule has 24 heavy (non-hydrogen) atoms. The second kappa shape index (κ2) is 7.07. The molecule has 1 aliphatic heterocycles. The number of rotatable bonds is 4. The fraction of sp³-hybridized carbons (Fsp3) is 0.222. The fourth-order valence-corrected chi connectivity index (χ4v) is 3.68. The van der Waals surface area contributed by atoms with Crippen LogP contribution in [0.3, 0.4) is 0 Å². The third-order valence-electron chi connectivity index (χ3n) is 4.00. The fourth-order valence-electron chi connectivity index (χ4n) is 2.66. The number of likely N-dealkylation sites (N-methyl/N-ethyl adjacent to an activating group) is 1. The van der Waals surface area contributed by atoms with Gasteiger partial charge >= 0.3 is 0 Å². The molecule has 3 rings (SSSR count). The monoisotopic (exact) mass is 342 g/mol. The van der Waals surface area contributed by atoms with Gasteiger partial charge in [-0.15, -0.1) is 0 Å². The molecule has 0 saturated heterocycles. The lowest BCUT2D eigenvalue weighted by Gasteiger charge is -2.31. The number of aromatic hydroxyl groups is 1. The van der Waals surface area contributed by atoms with E-state index >= 15 is 0 Å². The number of Topliss-reactive ketones (excluding diaryl/α,β-unsaturated/α-hetero) is 1. The Morgan fingerprint density at radius 3 is 2.71 bits per heavy atom. The van der Waals surface area contributed by atoms with Gasteiger partial charge in [0.05, 0.1) is 12.1 Å². The number of carbonyl (C=O) groups excluding carboxylic acids is 2. The van der Waals surface area contributed by atoms with Gasteiger partial charge in [-0.3, -0.25) is 9.59 Å². The number of carbonyl (C=O) groups is 2. The molecule has 0 aromatic heterocycles. The number of nitrogens with one attached hydrogen (secondary N) is 1. The van der Waals surface area contributed by atoms with Gasteiger partial charge in [-0.05, 0) is 49.2 Å². The van der Waals surface area contributed by atoms with Crippen molar-refractivity contribution in [2.75, 3.05) is 13.6 Å². The summed E-state index contributed by atoms with van der Waals surface area (Å²) in [5.74, 6) is -0.577. The molecule has 0 aliphatic carbocycles. The Morgan fingerprint density at radius 1 is 1.21 bits per heavy atom. The van der Waals surface area contributed by atoms with E-state index < -0.39 is 0 Å². The number of hydrogen-bond acceptors (Lipinski definition) is 5. The molecule has 0 bridgehead atoms. The molecule has 1 amide bonds. The molecule has 6 heteroatoms. The summed E-state index contributed by atoms with van der Waals surface area (Å²) in [6, 6.07) is 14.0. The van der Waals surface area contributed by atoms with Gasteiger partial charge in [0.1, 0.15) is 11.8 Å². The highest BCUT2D eigenvalue weighted by atomic mass is 32.2. The number of hydrogen-bond donors (Lipinski definition) is 2. The molecular formula is C18H18N2O3S.